The van der Waals surface area contributed by atoms with Gasteiger partial charge < -0.3 is 20.3 Å². The first-order valence-electron chi connectivity index (χ1n) is 23.9. The first-order valence-corrected chi connectivity index (χ1v) is 23.9. The van der Waals surface area contributed by atoms with Crippen molar-refractivity contribution >= 4 is 11.9 Å². The van der Waals surface area contributed by atoms with Crippen LogP contribution in [0.3, 0.4) is 0 Å². The second-order valence-corrected chi connectivity index (χ2v) is 16.1. The molecule has 0 aromatic heterocycles. The highest BCUT2D eigenvalue weighted by Crippen LogP contribution is 2.13. The van der Waals surface area contributed by atoms with Gasteiger partial charge in [-0.05, 0) is 83.5 Å². The number of aliphatic hydroxyl groups is 2. The summed E-state index contributed by atoms with van der Waals surface area (Å²) >= 11 is 0. The average molecular weight is 786 g/mol. The highest BCUT2D eigenvalue weighted by Gasteiger charge is 2.18. The van der Waals surface area contributed by atoms with Gasteiger partial charge in [-0.25, -0.2) is 0 Å². The number of aliphatic hydroxyl groups excluding tert-OH is 2. The van der Waals surface area contributed by atoms with E-state index in [0.717, 1.165) is 83.5 Å². The van der Waals surface area contributed by atoms with E-state index in [-0.39, 0.29) is 18.5 Å². The smallest absolute Gasteiger partial charge is 0.305 e. The summed E-state index contributed by atoms with van der Waals surface area (Å²) in [6.45, 7) is 4.76. The number of ether oxygens (including phenoxy) is 1. The highest BCUT2D eigenvalue weighted by molar-refractivity contribution is 5.76. The van der Waals surface area contributed by atoms with Crippen LogP contribution >= 0.6 is 0 Å². The van der Waals surface area contributed by atoms with E-state index < -0.39 is 12.1 Å². The van der Waals surface area contributed by atoms with Crippen LogP contribution in [0.2, 0.25) is 0 Å². The van der Waals surface area contributed by atoms with Crippen LogP contribution in [0.25, 0.3) is 0 Å². The molecule has 56 heavy (non-hydrogen) atoms. The van der Waals surface area contributed by atoms with Crippen LogP contribution in [-0.2, 0) is 14.3 Å². The van der Waals surface area contributed by atoms with Gasteiger partial charge in [-0.3, -0.25) is 9.59 Å². The number of carbonyl (C=O) groups is 2. The van der Waals surface area contributed by atoms with Crippen molar-refractivity contribution in [2.24, 2.45) is 0 Å². The van der Waals surface area contributed by atoms with Gasteiger partial charge in [-0.2, -0.15) is 0 Å². The SMILES string of the molecule is CCC/C=C\C/C=C\CCCCCCCC(=O)OCCCCCC/C=C\CCCCCCCCCC(=O)NC(CO)C(O)/C=C/CCCCCCCCCCC. The molecular formula is C50H91NO5. The number of carbonyl (C=O) groups excluding carboxylic acids is 2. The fourth-order valence-electron chi connectivity index (χ4n) is 6.84. The van der Waals surface area contributed by atoms with Crippen molar-refractivity contribution in [3.63, 3.8) is 0 Å². The minimum absolute atomic E-state index is 0.0280. The van der Waals surface area contributed by atoms with Gasteiger partial charge in [0.15, 0.2) is 0 Å². The lowest BCUT2D eigenvalue weighted by Crippen LogP contribution is -2.45. The van der Waals surface area contributed by atoms with Gasteiger partial charge in [0.25, 0.3) is 0 Å². The maximum absolute atomic E-state index is 12.4. The van der Waals surface area contributed by atoms with Crippen molar-refractivity contribution in [1.29, 1.82) is 0 Å². The Morgan fingerprint density at radius 2 is 0.929 bits per heavy atom. The van der Waals surface area contributed by atoms with E-state index in [4.69, 9.17) is 4.74 Å². The first-order chi connectivity index (χ1) is 27.5. The van der Waals surface area contributed by atoms with Crippen molar-refractivity contribution in [3.05, 3.63) is 48.6 Å². The van der Waals surface area contributed by atoms with Crippen molar-refractivity contribution in [2.45, 2.75) is 244 Å². The van der Waals surface area contributed by atoms with E-state index in [1.165, 1.54) is 122 Å². The summed E-state index contributed by atoms with van der Waals surface area (Å²) in [5.41, 5.74) is 0. The minimum atomic E-state index is -0.854. The van der Waals surface area contributed by atoms with Crippen LogP contribution in [0, 0.1) is 0 Å². The molecule has 0 aliphatic carbocycles. The monoisotopic (exact) mass is 786 g/mol. The molecule has 3 N–H and O–H groups in total. The number of unbranched alkanes of at least 4 members (excludes halogenated alkanes) is 26. The lowest BCUT2D eigenvalue weighted by Gasteiger charge is -2.20. The fraction of sp³-hybridized carbons (Fsp3) is 0.800. The van der Waals surface area contributed by atoms with Gasteiger partial charge in [0.2, 0.25) is 5.91 Å². The normalized spacial score (nSPS) is 13.1. The molecule has 0 aromatic rings. The van der Waals surface area contributed by atoms with E-state index in [1.807, 2.05) is 6.08 Å². The molecule has 0 spiro atoms. The molecule has 0 heterocycles. The number of esters is 1. The molecule has 6 nitrogen and oxygen atoms in total. The van der Waals surface area contributed by atoms with Gasteiger partial charge in [0.1, 0.15) is 0 Å². The zero-order valence-corrected chi connectivity index (χ0v) is 36.8. The summed E-state index contributed by atoms with van der Waals surface area (Å²) in [4.78, 5) is 24.3. The lowest BCUT2D eigenvalue weighted by atomic mass is 10.1. The highest BCUT2D eigenvalue weighted by atomic mass is 16.5. The summed E-state index contributed by atoms with van der Waals surface area (Å²) in [6, 6.07) is -0.639. The Kier molecular flexibility index (Phi) is 43.7. The van der Waals surface area contributed by atoms with E-state index in [0.29, 0.717) is 19.4 Å². The number of hydrogen-bond acceptors (Lipinski definition) is 5. The number of amides is 1. The van der Waals surface area contributed by atoms with Gasteiger partial charge in [-0.15, -0.1) is 0 Å². The summed E-state index contributed by atoms with van der Waals surface area (Å²) in [6.07, 6.45) is 55.3. The van der Waals surface area contributed by atoms with E-state index in [1.54, 1.807) is 6.08 Å². The zero-order chi connectivity index (χ0) is 40.8. The Labute approximate surface area is 346 Å². The van der Waals surface area contributed by atoms with Crippen LogP contribution in [0.5, 0.6) is 0 Å². The Bertz CT molecular complexity index is 957. The van der Waals surface area contributed by atoms with Crippen LogP contribution in [0.15, 0.2) is 48.6 Å². The molecule has 326 valence electrons. The van der Waals surface area contributed by atoms with E-state index in [9.17, 15) is 19.8 Å². The third kappa shape index (κ3) is 41.5. The summed E-state index contributed by atoms with van der Waals surface area (Å²) in [5.74, 6) is -0.115. The molecule has 0 aliphatic rings. The van der Waals surface area contributed by atoms with E-state index in [2.05, 4.69) is 55.6 Å². The Morgan fingerprint density at radius 3 is 1.45 bits per heavy atom. The van der Waals surface area contributed by atoms with Crippen molar-refractivity contribution in [3.8, 4) is 0 Å². The van der Waals surface area contributed by atoms with Crippen LogP contribution in [0.1, 0.15) is 232 Å². The van der Waals surface area contributed by atoms with Crippen molar-refractivity contribution in [2.75, 3.05) is 13.2 Å². The molecular weight excluding hydrogens is 695 g/mol. The second-order valence-electron chi connectivity index (χ2n) is 16.1. The predicted octanol–water partition coefficient (Wildman–Crippen LogP) is 13.9. The maximum Gasteiger partial charge on any atom is 0.305 e. The molecule has 0 fully saturated rings. The van der Waals surface area contributed by atoms with Gasteiger partial charge in [-0.1, -0.05) is 184 Å². The molecule has 0 saturated carbocycles. The van der Waals surface area contributed by atoms with E-state index >= 15 is 0 Å². The molecule has 2 unspecified atom stereocenters. The number of allylic oxidation sites excluding steroid dienone is 7. The third-order valence-corrected chi connectivity index (χ3v) is 10.5. The molecule has 0 rings (SSSR count). The minimum Gasteiger partial charge on any atom is -0.466 e. The summed E-state index contributed by atoms with van der Waals surface area (Å²) in [5, 5.41) is 22.9. The molecule has 1 amide bonds. The molecule has 0 radical (unpaired) electrons. The fourth-order valence-corrected chi connectivity index (χ4v) is 6.84. The van der Waals surface area contributed by atoms with Gasteiger partial charge in [0.05, 0.1) is 25.4 Å². The maximum atomic E-state index is 12.4. The lowest BCUT2D eigenvalue weighted by molar-refractivity contribution is -0.143. The molecule has 6 heteroatoms. The first kappa shape index (κ1) is 53.8. The number of hydrogen-bond donors (Lipinski definition) is 3. The average Bonchev–Trinajstić information content (AvgIpc) is 3.20. The summed E-state index contributed by atoms with van der Waals surface area (Å²) in [7, 11) is 0. The summed E-state index contributed by atoms with van der Waals surface area (Å²) < 4.78 is 5.43. The molecule has 0 aliphatic heterocycles. The predicted molar refractivity (Wildman–Crippen MR) is 241 cm³/mol. The number of nitrogens with one attached hydrogen (secondary N) is 1. The standard InChI is InChI=1S/C50H91NO5/c1-3-5-7-9-11-13-15-19-24-28-32-36-40-44-50(55)56-45-41-37-33-29-25-21-18-16-17-20-23-27-31-35-39-43-49(54)51-47(46-52)48(53)42-38-34-30-26-22-14-12-10-8-6-4-2/h7,9,13,15,18,21,38,42,47-48,52-53H,3-6,8,10-12,14,16-17,19-20,22-37,39-41,43-46H2,1-2H3,(H,51,54)/b9-7-,15-13-,21-18-,42-38+. The second kappa shape index (κ2) is 45.5. The van der Waals surface area contributed by atoms with Crippen LogP contribution in [-0.4, -0.2) is 47.4 Å². The third-order valence-electron chi connectivity index (χ3n) is 10.5. The van der Waals surface area contributed by atoms with Crippen LogP contribution in [0.4, 0.5) is 0 Å². The molecule has 0 aromatic carbocycles. The zero-order valence-electron chi connectivity index (χ0n) is 36.8. The largest absolute Gasteiger partial charge is 0.466 e. The topological polar surface area (TPSA) is 95.9 Å². The van der Waals surface area contributed by atoms with Gasteiger partial charge in [0, 0.05) is 12.8 Å². The molecule has 0 bridgehead atoms. The van der Waals surface area contributed by atoms with Gasteiger partial charge >= 0.3 is 5.97 Å². The quantitative estimate of drug-likeness (QED) is 0.0325. The van der Waals surface area contributed by atoms with Crippen molar-refractivity contribution in [1.82, 2.24) is 5.32 Å². The molecule has 0 saturated heterocycles. The Balaban J connectivity index is 3.52. The molecule has 2 atom stereocenters. The number of rotatable bonds is 43. The Hall–Kier alpha value is -2.18. The Morgan fingerprint density at radius 1 is 0.500 bits per heavy atom. The van der Waals surface area contributed by atoms with Crippen molar-refractivity contribution < 1.29 is 24.5 Å². The van der Waals surface area contributed by atoms with Crippen LogP contribution < -0.4 is 5.32 Å².